The van der Waals surface area contributed by atoms with E-state index in [1.165, 1.54) is 25.3 Å². The van der Waals surface area contributed by atoms with Crippen LogP contribution in [0, 0.1) is 0 Å². The number of aryl methyl sites for hydroxylation is 1. The van der Waals surface area contributed by atoms with Crippen molar-refractivity contribution in [2.45, 2.75) is 13.2 Å². The maximum Gasteiger partial charge on any atom is 0.387 e. The standard InChI is InChI=1S/C18H17F2N3O3/c1-23-13-6-4-3-5-12(13)22-16(23)10-21-17(24)11-7-8-14(26-18(19)20)15(9-11)25-2/h3-9,18H,10H2,1-2H3,(H,21,24). The predicted octanol–water partition coefficient (Wildman–Crippen LogP) is 3.11. The van der Waals surface area contributed by atoms with Gasteiger partial charge in [-0.15, -0.1) is 0 Å². The number of carbonyl (C=O) groups is 1. The van der Waals surface area contributed by atoms with Crippen molar-refractivity contribution in [3.63, 3.8) is 0 Å². The molecule has 0 aliphatic heterocycles. The zero-order chi connectivity index (χ0) is 18.7. The average molecular weight is 361 g/mol. The van der Waals surface area contributed by atoms with Crippen molar-refractivity contribution in [3.05, 3.63) is 53.9 Å². The first kappa shape index (κ1) is 17.7. The number of nitrogens with one attached hydrogen (secondary N) is 1. The maximum absolute atomic E-state index is 12.4. The first-order chi connectivity index (χ1) is 12.5. The molecule has 0 saturated carbocycles. The fourth-order valence-corrected chi connectivity index (χ4v) is 2.62. The van der Waals surface area contributed by atoms with Crippen molar-refractivity contribution in [1.82, 2.24) is 14.9 Å². The molecule has 0 aliphatic carbocycles. The molecular weight excluding hydrogens is 344 g/mol. The van der Waals surface area contributed by atoms with Crippen molar-refractivity contribution >= 4 is 16.9 Å². The molecule has 0 bridgehead atoms. The number of amides is 1. The Balaban J connectivity index is 1.74. The monoisotopic (exact) mass is 361 g/mol. The van der Waals surface area contributed by atoms with E-state index < -0.39 is 6.61 Å². The molecule has 0 aliphatic rings. The molecule has 0 fully saturated rings. The van der Waals surface area contributed by atoms with Crippen LogP contribution in [0.1, 0.15) is 16.2 Å². The van der Waals surface area contributed by atoms with Crippen molar-refractivity contribution in [1.29, 1.82) is 0 Å². The van der Waals surface area contributed by atoms with Crippen molar-refractivity contribution < 1.29 is 23.0 Å². The average Bonchev–Trinajstić information content (AvgIpc) is 2.96. The summed E-state index contributed by atoms with van der Waals surface area (Å²) in [6, 6.07) is 11.7. The Morgan fingerprint density at radius 1 is 1.23 bits per heavy atom. The zero-order valence-electron chi connectivity index (χ0n) is 14.2. The Kier molecular flexibility index (Phi) is 5.01. The number of imidazole rings is 1. The minimum atomic E-state index is -2.97. The minimum Gasteiger partial charge on any atom is -0.493 e. The number of ether oxygens (including phenoxy) is 2. The number of alkyl halides is 2. The van der Waals surface area contributed by atoms with Crippen LogP contribution in [-0.4, -0.2) is 29.2 Å². The molecule has 8 heteroatoms. The van der Waals surface area contributed by atoms with Gasteiger partial charge in [0, 0.05) is 12.6 Å². The number of hydrogen-bond donors (Lipinski definition) is 1. The van der Waals surface area contributed by atoms with E-state index in [0.717, 1.165) is 11.0 Å². The van der Waals surface area contributed by atoms with E-state index in [2.05, 4.69) is 15.0 Å². The number of halogens is 2. The van der Waals surface area contributed by atoms with E-state index in [0.29, 0.717) is 5.82 Å². The SMILES string of the molecule is COc1cc(C(=O)NCc2nc3ccccc3n2C)ccc1OC(F)F. The lowest BCUT2D eigenvalue weighted by molar-refractivity contribution is -0.0512. The Bertz CT molecular complexity index is 941. The van der Waals surface area contributed by atoms with Gasteiger partial charge in [-0.3, -0.25) is 4.79 Å². The third kappa shape index (κ3) is 3.58. The highest BCUT2D eigenvalue weighted by Crippen LogP contribution is 2.29. The van der Waals surface area contributed by atoms with Gasteiger partial charge in [-0.05, 0) is 30.3 Å². The summed E-state index contributed by atoms with van der Waals surface area (Å²) in [4.78, 5) is 16.8. The molecule has 0 unspecified atom stereocenters. The molecule has 3 aromatic rings. The normalized spacial score (nSPS) is 11.0. The van der Waals surface area contributed by atoms with Gasteiger partial charge in [0.1, 0.15) is 5.82 Å². The van der Waals surface area contributed by atoms with Crippen LogP contribution in [0.2, 0.25) is 0 Å². The second-order valence-corrected chi connectivity index (χ2v) is 5.50. The van der Waals surface area contributed by atoms with Crippen LogP contribution in [0.4, 0.5) is 8.78 Å². The predicted molar refractivity (Wildman–Crippen MR) is 91.5 cm³/mol. The van der Waals surface area contributed by atoms with E-state index in [1.54, 1.807) is 0 Å². The van der Waals surface area contributed by atoms with Crippen molar-refractivity contribution in [2.24, 2.45) is 7.05 Å². The lowest BCUT2D eigenvalue weighted by Gasteiger charge is -2.11. The van der Waals surface area contributed by atoms with Crippen molar-refractivity contribution in [2.75, 3.05) is 7.11 Å². The van der Waals surface area contributed by atoms with E-state index in [4.69, 9.17) is 4.74 Å². The molecule has 0 spiro atoms. The molecule has 0 saturated heterocycles. The number of nitrogens with zero attached hydrogens (tertiary/aromatic N) is 2. The van der Waals surface area contributed by atoms with Gasteiger partial charge >= 0.3 is 6.61 Å². The van der Waals surface area contributed by atoms with Crippen LogP contribution in [-0.2, 0) is 13.6 Å². The van der Waals surface area contributed by atoms with Gasteiger partial charge in [-0.2, -0.15) is 8.78 Å². The molecule has 6 nitrogen and oxygen atoms in total. The van der Waals surface area contributed by atoms with E-state index >= 15 is 0 Å². The molecule has 0 atom stereocenters. The number of carbonyl (C=O) groups excluding carboxylic acids is 1. The van der Waals surface area contributed by atoms with Gasteiger partial charge in [0.05, 0.1) is 24.7 Å². The van der Waals surface area contributed by atoms with Crippen LogP contribution in [0.15, 0.2) is 42.5 Å². The fourth-order valence-electron chi connectivity index (χ4n) is 2.62. The topological polar surface area (TPSA) is 65.4 Å². The molecule has 1 amide bonds. The van der Waals surface area contributed by atoms with Crippen LogP contribution in [0.5, 0.6) is 11.5 Å². The minimum absolute atomic E-state index is 0.0562. The number of rotatable bonds is 6. The van der Waals surface area contributed by atoms with Gasteiger partial charge in [-0.1, -0.05) is 12.1 Å². The van der Waals surface area contributed by atoms with Gasteiger partial charge in [0.2, 0.25) is 0 Å². The summed E-state index contributed by atoms with van der Waals surface area (Å²) >= 11 is 0. The Morgan fingerprint density at radius 3 is 2.69 bits per heavy atom. The summed E-state index contributed by atoms with van der Waals surface area (Å²) in [6.45, 7) is -2.75. The number of aromatic nitrogens is 2. The first-order valence-corrected chi connectivity index (χ1v) is 7.81. The first-order valence-electron chi connectivity index (χ1n) is 7.81. The van der Waals surface area contributed by atoms with Gasteiger partial charge in [0.15, 0.2) is 11.5 Å². The molecule has 1 heterocycles. The number of para-hydroxylation sites is 2. The van der Waals surface area contributed by atoms with Crippen LogP contribution in [0.25, 0.3) is 11.0 Å². The highest BCUT2D eigenvalue weighted by Gasteiger charge is 2.15. The van der Waals surface area contributed by atoms with Gasteiger partial charge < -0.3 is 19.4 Å². The van der Waals surface area contributed by atoms with Gasteiger partial charge in [-0.25, -0.2) is 4.98 Å². The number of methoxy groups -OCH3 is 1. The number of benzene rings is 2. The third-order valence-corrected chi connectivity index (χ3v) is 3.93. The van der Waals surface area contributed by atoms with E-state index in [1.807, 2.05) is 35.9 Å². The summed E-state index contributed by atoms with van der Waals surface area (Å²) in [5.74, 6) is 0.248. The molecule has 26 heavy (non-hydrogen) atoms. The smallest absolute Gasteiger partial charge is 0.387 e. The Labute approximate surface area is 148 Å². The molecule has 1 aromatic heterocycles. The largest absolute Gasteiger partial charge is 0.493 e. The lowest BCUT2D eigenvalue weighted by Crippen LogP contribution is -2.24. The maximum atomic E-state index is 12.4. The third-order valence-electron chi connectivity index (χ3n) is 3.93. The molecule has 2 aromatic carbocycles. The zero-order valence-corrected chi connectivity index (χ0v) is 14.2. The molecule has 1 N–H and O–H groups in total. The summed E-state index contributed by atoms with van der Waals surface area (Å²) in [7, 11) is 3.19. The van der Waals surface area contributed by atoms with Crippen LogP contribution in [0.3, 0.4) is 0 Å². The second kappa shape index (κ2) is 7.38. The highest BCUT2D eigenvalue weighted by molar-refractivity contribution is 5.94. The van der Waals surface area contributed by atoms with Crippen LogP contribution < -0.4 is 14.8 Å². The summed E-state index contributed by atoms with van der Waals surface area (Å²) in [6.07, 6.45) is 0. The quantitative estimate of drug-likeness (QED) is 0.733. The summed E-state index contributed by atoms with van der Waals surface area (Å²) in [5, 5.41) is 2.76. The molecule has 0 radical (unpaired) electrons. The van der Waals surface area contributed by atoms with E-state index in [9.17, 15) is 13.6 Å². The Morgan fingerprint density at radius 2 is 2.00 bits per heavy atom. The lowest BCUT2D eigenvalue weighted by atomic mass is 10.2. The van der Waals surface area contributed by atoms with E-state index in [-0.39, 0.29) is 29.5 Å². The number of fused-ring (bicyclic) bond motifs is 1. The van der Waals surface area contributed by atoms with Crippen LogP contribution >= 0.6 is 0 Å². The highest BCUT2D eigenvalue weighted by atomic mass is 19.3. The summed E-state index contributed by atoms with van der Waals surface area (Å²) in [5.41, 5.74) is 2.07. The molecule has 136 valence electrons. The Hall–Kier alpha value is -3.16. The van der Waals surface area contributed by atoms with Crippen molar-refractivity contribution in [3.8, 4) is 11.5 Å². The number of hydrogen-bond acceptors (Lipinski definition) is 4. The fraction of sp³-hybridized carbons (Fsp3) is 0.222. The molecular formula is C18H17F2N3O3. The van der Waals surface area contributed by atoms with Gasteiger partial charge in [0.25, 0.3) is 5.91 Å². The second-order valence-electron chi connectivity index (χ2n) is 5.50. The summed E-state index contributed by atoms with van der Waals surface area (Å²) < 4.78 is 36.0. The molecule has 3 rings (SSSR count).